The van der Waals surface area contributed by atoms with Crippen molar-refractivity contribution in [1.82, 2.24) is 9.80 Å². The van der Waals surface area contributed by atoms with Gasteiger partial charge in [-0.25, -0.2) is 4.79 Å². The summed E-state index contributed by atoms with van der Waals surface area (Å²) >= 11 is 12.4. The number of nitrogens with zero attached hydrogens (tertiary/aromatic N) is 2. The van der Waals surface area contributed by atoms with E-state index in [4.69, 9.17) is 27.9 Å². The van der Waals surface area contributed by atoms with E-state index < -0.39 is 5.60 Å². The number of carbonyl (C=O) groups is 2. The minimum absolute atomic E-state index is 0.0920. The van der Waals surface area contributed by atoms with E-state index in [1.54, 1.807) is 28.0 Å². The number of likely N-dealkylation sites (tertiary alicyclic amines) is 1. The van der Waals surface area contributed by atoms with E-state index >= 15 is 0 Å². The lowest BCUT2D eigenvalue weighted by molar-refractivity contribution is 0.00314. The summed E-state index contributed by atoms with van der Waals surface area (Å²) in [5, 5.41) is 0.692. The molecule has 2 heterocycles. The molecule has 0 radical (unpaired) electrons. The molecule has 0 aliphatic carbocycles. The number of hydrogen-bond acceptors (Lipinski definition) is 3. The molecule has 170 valence electrons. The van der Waals surface area contributed by atoms with Crippen LogP contribution in [0.1, 0.15) is 55.1 Å². The van der Waals surface area contributed by atoms with Gasteiger partial charge in [-0.1, -0.05) is 74.3 Å². The lowest BCUT2D eigenvalue weighted by Gasteiger charge is -2.37. The molecular formula is C25H28Cl2N2O3. The Morgan fingerprint density at radius 2 is 1.62 bits per heavy atom. The van der Waals surface area contributed by atoms with Crippen LogP contribution in [0.15, 0.2) is 42.5 Å². The summed E-state index contributed by atoms with van der Waals surface area (Å²) in [4.78, 5) is 29.0. The van der Waals surface area contributed by atoms with Crippen LogP contribution in [0.3, 0.4) is 0 Å². The summed E-state index contributed by atoms with van der Waals surface area (Å²) in [7, 11) is 0. The molecule has 2 aromatic rings. The summed E-state index contributed by atoms with van der Waals surface area (Å²) in [5.41, 5.74) is 2.21. The van der Waals surface area contributed by atoms with Crippen LogP contribution in [0.4, 0.5) is 4.79 Å². The Labute approximate surface area is 199 Å². The maximum absolute atomic E-state index is 13.0. The van der Waals surface area contributed by atoms with Gasteiger partial charge in [0.1, 0.15) is 5.60 Å². The lowest BCUT2D eigenvalue weighted by Crippen LogP contribution is -2.48. The van der Waals surface area contributed by atoms with Crippen LogP contribution in [-0.4, -0.2) is 47.0 Å². The van der Waals surface area contributed by atoms with Gasteiger partial charge in [-0.2, -0.15) is 0 Å². The minimum atomic E-state index is -0.552. The Morgan fingerprint density at radius 3 is 2.19 bits per heavy atom. The van der Waals surface area contributed by atoms with Gasteiger partial charge in [0.05, 0.1) is 22.2 Å². The summed E-state index contributed by atoms with van der Waals surface area (Å²) < 4.78 is 5.83. The molecule has 2 aromatic carbocycles. The van der Waals surface area contributed by atoms with E-state index in [1.165, 1.54) is 5.56 Å². The van der Waals surface area contributed by atoms with Crippen molar-refractivity contribution < 1.29 is 14.3 Å². The zero-order chi connectivity index (χ0) is 23.1. The van der Waals surface area contributed by atoms with E-state index in [1.807, 2.05) is 0 Å². The first-order chi connectivity index (χ1) is 15.1. The standard InChI is InChI=1S/C25H28Cl2N2O3/c1-24(2,3)18-9-7-17(8-10-18)15-29-16-25(32-23(29)31)11-13-28(14-12-25)22(30)21-19(26)5-4-6-20(21)27/h4-10H,11-16H2,1-3H3. The molecule has 0 aromatic heterocycles. The van der Waals surface area contributed by atoms with Crippen molar-refractivity contribution in [2.45, 2.75) is 51.2 Å². The first-order valence-electron chi connectivity index (χ1n) is 10.9. The third kappa shape index (κ3) is 4.60. The first-order valence-corrected chi connectivity index (χ1v) is 11.6. The molecule has 0 N–H and O–H groups in total. The number of piperidine rings is 1. The molecule has 0 bridgehead atoms. The van der Waals surface area contributed by atoms with Gasteiger partial charge in [0.15, 0.2) is 0 Å². The van der Waals surface area contributed by atoms with E-state index in [9.17, 15) is 9.59 Å². The molecule has 0 unspecified atom stereocenters. The second-order valence-electron chi connectivity index (χ2n) is 9.74. The Hall–Kier alpha value is -2.24. The van der Waals surface area contributed by atoms with Crippen molar-refractivity contribution in [1.29, 1.82) is 0 Å². The van der Waals surface area contributed by atoms with Crippen LogP contribution >= 0.6 is 23.2 Å². The van der Waals surface area contributed by atoms with Crippen LogP contribution in [0.2, 0.25) is 10.0 Å². The van der Waals surface area contributed by atoms with E-state index in [0.717, 1.165) is 5.56 Å². The number of rotatable bonds is 3. The van der Waals surface area contributed by atoms with Gasteiger partial charge in [-0.3, -0.25) is 9.69 Å². The number of hydrogen-bond donors (Lipinski definition) is 0. The molecule has 2 amide bonds. The Balaban J connectivity index is 1.39. The van der Waals surface area contributed by atoms with Crippen molar-refractivity contribution in [3.05, 3.63) is 69.2 Å². The molecule has 7 heteroatoms. The van der Waals surface area contributed by atoms with E-state index in [-0.39, 0.29) is 17.4 Å². The topological polar surface area (TPSA) is 49.9 Å². The quantitative estimate of drug-likeness (QED) is 0.554. The maximum Gasteiger partial charge on any atom is 0.410 e. The van der Waals surface area contributed by atoms with Crippen molar-refractivity contribution in [3.8, 4) is 0 Å². The van der Waals surface area contributed by atoms with Gasteiger partial charge in [0.25, 0.3) is 5.91 Å². The number of ether oxygens (including phenoxy) is 1. The highest BCUT2D eigenvalue weighted by Crippen LogP contribution is 2.35. The van der Waals surface area contributed by atoms with Gasteiger partial charge in [-0.15, -0.1) is 0 Å². The van der Waals surface area contributed by atoms with Crippen molar-refractivity contribution in [3.63, 3.8) is 0 Å². The van der Waals surface area contributed by atoms with Gasteiger partial charge >= 0.3 is 6.09 Å². The van der Waals surface area contributed by atoms with Crippen LogP contribution in [0.5, 0.6) is 0 Å². The highest BCUT2D eigenvalue weighted by Gasteiger charge is 2.47. The fourth-order valence-corrected chi connectivity index (χ4v) is 4.94. The largest absolute Gasteiger partial charge is 0.441 e. The van der Waals surface area contributed by atoms with Crippen molar-refractivity contribution in [2.24, 2.45) is 0 Å². The van der Waals surface area contributed by atoms with Crippen molar-refractivity contribution in [2.75, 3.05) is 19.6 Å². The van der Waals surface area contributed by atoms with Gasteiger partial charge in [-0.05, 0) is 28.7 Å². The summed E-state index contributed by atoms with van der Waals surface area (Å²) in [6.45, 7) is 8.56. The fourth-order valence-electron chi connectivity index (χ4n) is 4.38. The zero-order valence-corrected chi connectivity index (χ0v) is 20.2. The number of amides is 2. The van der Waals surface area contributed by atoms with Crippen LogP contribution in [-0.2, 0) is 16.7 Å². The molecule has 4 rings (SSSR count). The van der Waals surface area contributed by atoms with Gasteiger partial charge in [0.2, 0.25) is 0 Å². The van der Waals surface area contributed by atoms with Crippen molar-refractivity contribution >= 4 is 35.2 Å². The van der Waals surface area contributed by atoms with Gasteiger partial charge < -0.3 is 9.64 Å². The molecular weight excluding hydrogens is 447 g/mol. The first kappa shape index (κ1) is 22.9. The lowest BCUT2D eigenvalue weighted by atomic mass is 9.86. The van der Waals surface area contributed by atoms with Crippen LogP contribution in [0, 0.1) is 0 Å². The highest BCUT2D eigenvalue weighted by molar-refractivity contribution is 6.39. The Kier molecular flexibility index (Phi) is 6.17. The average molecular weight is 475 g/mol. The zero-order valence-electron chi connectivity index (χ0n) is 18.7. The highest BCUT2D eigenvalue weighted by atomic mass is 35.5. The normalized spacial score (nSPS) is 18.2. The summed E-state index contributed by atoms with van der Waals surface area (Å²) in [6, 6.07) is 13.4. The molecule has 2 saturated heterocycles. The molecule has 0 saturated carbocycles. The summed E-state index contributed by atoms with van der Waals surface area (Å²) in [6.07, 6.45) is 0.886. The molecule has 0 atom stereocenters. The average Bonchev–Trinajstić information content (AvgIpc) is 3.02. The van der Waals surface area contributed by atoms with Gasteiger partial charge in [0, 0.05) is 32.5 Å². The third-order valence-electron chi connectivity index (χ3n) is 6.37. The molecule has 2 aliphatic rings. The minimum Gasteiger partial charge on any atom is -0.441 e. The molecule has 2 fully saturated rings. The monoisotopic (exact) mass is 474 g/mol. The second-order valence-corrected chi connectivity index (χ2v) is 10.6. The summed E-state index contributed by atoms with van der Waals surface area (Å²) in [5.74, 6) is -0.185. The third-order valence-corrected chi connectivity index (χ3v) is 7.00. The predicted octanol–water partition coefficient (Wildman–Crippen LogP) is 5.92. The van der Waals surface area contributed by atoms with Crippen LogP contribution in [0.25, 0.3) is 0 Å². The molecule has 5 nitrogen and oxygen atoms in total. The van der Waals surface area contributed by atoms with E-state index in [0.29, 0.717) is 54.6 Å². The Bertz CT molecular complexity index is 1000. The molecule has 32 heavy (non-hydrogen) atoms. The molecule has 1 spiro atoms. The number of carbonyl (C=O) groups excluding carboxylic acids is 2. The number of halogens is 2. The second kappa shape index (κ2) is 8.60. The van der Waals surface area contributed by atoms with Crippen LogP contribution < -0.4 is 0 Å². The van der Waals surface area contributed by atoms with E-state index in [2.05, 4.69) is 45.0 Å². The number of benzene rings is 2. The SMILES string of the molecule is CC(C)(C)c1ccc(CN2CC3(CCN(C(=O)c4c(Cl)cccc4Cl)CC3)OC2=O)cc1. The smallest absolute Gasteiger partial charge is 0.410 e. The fraction of sp³-hybridized carbons (Fsp3) is 0.440. The maximum atomic E-state index is 13.0. The Morgan fingerprint density at radius 1 is 1.03 bits per heavy atom. The molecule has 2 aliphatic heterocycles. The predicted molar refractivity (Wildman–Crippen MR) is 126 cm³/mol.